The van der Waals surface area contributed by atoms with Crippen molar-refractivity contribution in [2.24, 2.45) is 5.92 Å². The summed E-state index contributed by atoms with van der Waals surface area (Å²) < 4.78 is 0. The Morgan fingerprint density at radius 2 is 1.80 bits per heavy atom. The lowest BCUT2D eigenvalue weighted by molar-refractivity contribution is 0.319. The second-order valence-corrected chi connectivity index (χ2v) is 6.04. The van der Waals surface area contributed by atoms with Crippen molar-refractivity contribution in [3.8, 4) is 0 Å². The van der Waals surface area contributed by atoms with Crippen LogP contribution < -0.4 is 10.6 Å². The molecule has 1 saturated carbocycles. The smallest absolute Gasteiger partial charge is 0.0549 e. The molecule has 0 bridgehead atoms. The van der Waals surface area contributed by atoms with Crippen molar-refractivity contribution >= 4 is 11.4 Å². The highest BCUT2D eigenvalue weighted by molar-refractivity contribution is 5.54. The highest BCUT2D eigenvalue weighted by Crippen LogP contribution is 2.29. The third-order valence-corrected chi connectivity index (χ3v) is 4.23. The van der Waals surface area contributed by atoms with Crippen LogP contribution in [0.1, 0.15) is 58.8 Å². The van der Waals surface area contributed by atoms with Crippen molar-refractivity contribution in [3.05, 3.63) is 18.5 Å². The van der Waals surface area contributed by atoms with Gasteiger partial charge in [0.25, 0.3) is 0 Å². The Balaban J connectivity index is 1.81. The summed E-state index contributed by atoms with van der Waals surface area (Å²) in [6.07, 6.45) is 13.1. The molecular formula is C17H29N3. The maximum atomic E-state index is 4.32. The van der Waals surface area contributed by atoms with Crippen LogP contribution in [0.4, 0.5) is 11.4 Å². The van der Waals surface area contributed by atoms with Crippen molar-refractivity contribution in [2.45, 2.75) is 64.8 Å². The van der Waals surface area contributed by atoms with Gasteiger partial charge in [0.05, 0.1) is 23.8 Å². The molecule has 0 saturated heterocycles. The van der Waals surface area contributed by atoms with Crippen LogP contribution in [0.25, 0.3) is 0 Å². The Kier molecular flexibility index (Phi) is 6.16. The molecule has 2 rings (SSSR count). The molecule has 1 aromatic heterocycles. The minimum atomic E-state index is 0.631. The molecule has 2 N–H and O–H groups in total. The van der Waals surface area contributed by atoms with E-state index < -0.39 is 0 Å². The van der Waals surface area contributed by atoms with Crippen molar-refractivity contribution in [1.82, 2.24) is 4.98 Å². The number of rotatable bonds is 7. The lowest BCUT2D eigenvalue weighted by Gasteiger charge is -2.29. The molecule has 1 aliphatic rings. The molecule has 3 heteroatoms. The zero-order valence-electron chi connectivity index (χ0n) is 13.0. The number of aromatic nitrogens is 1. The SMILES string of the molecule is CCCNc1cncc(NC2CCC(CCC)CC2)c1. The molecule has 1 aliphatic carbocycles. The van der Waals surface area contributed by atoms with Gasteiger partial charge < -0.3 is 10.6 Å². The summed E-state index contributed by atoms with van der Waals surface area (Å²) in [6.45, 7) is 5.48. The van der Waals surface area contributed by atoms with Gasteiger partial charge in [0, 0.05) is 12.6 Å². The number of nitrogens with one attached hydrogen (secondary N) is 2. The zero-order chi connectivity index (χ0) is 14.2. The largest absolute Gasteiger partial charge is 0.384 e. The quantitative estimate of drug-likeness (QED) is 0.759. The van der Waals surface area contributed by atoms with Crippen molar-refractivity contribution in [2.75, 3.05) is 17.2 Å². The summed E-state index contributed by atoms with van der Waals surface area (Å²) >= 11 is 0. The van der Waals surface area contributed by atoms with Crippen LogP contribution in [-0.2, 0) is 0 Å². The third kappa shape index (κ3) is 4.69. The van der Waals surface area contributed by atoms with E-state index in [0.29, 0.717) is 6.04 Å². The Morgan fingerprint density at radius 3 is 2.50 bits per heavy atom. The minimum absolute atomic E-state index is 0.631. The predicted molar refractivity (Wildman–Crippen MR) is 87.3 cm³/mol. The second kappa shape index (κ2) is 8.13. The van der Waals surface area contributed by atoms with Gasteiger partial charge in [0.15, 0.2) is 0 Å². The molecule has 0 atom stereocenters. The lowest BCUT2D eigenvalue weighted by atomic mass is 9.83. The Labute approximate surface area is 123 Å². The monoisotopic (exact) mass is 275 g/mol. The van der Waals surface area contributed by atoms with E-state index in [1.165, 1.54) is 38.5 Å². The molecule has 0 spiro atoms. The summed E-state index contributed by atoms with van der Waals surface area (Å²) in [6, 6.07) is 2.81. The summed E-state index contributed by atoms with van der Waals surface area (Å²) in [5, 5.41) is 7.05. The van der Waals surface area contributed by atoms with Crippen LogP contribution in [0, 0.1) is 5.92 Å². The molecule has 20 heavy (non-hydrogen) atoms. The maximum absolute atomic E-state index is 4.32. The lowest BCUT2D eigenvalue weighted by Crippen LogP contribution is -2.26. The molecule has 0 aliphatic heterocycles. The average molecular weight is 275 g/mol. The van der Waals surface area contributed by atoms with E-state index in [-0.39, 0.29) is 0 Å². The molecule has 0 amide bonds. The maximum Gasteiger partial charge on any atom is 0.0549 e. The Hall–Kier alpha value is -1.25. The first kappa shape index (κ1) is 15.1. The van der Waals surface area contributed by atoms with Gasteiger partial charge in [-0.2, -0.15) is 0 Å². The Bertz CT molecular complexity index is 384. The second-order valence-electron chi connectivity index (χ2n) is 6.04. The molecule has 0 unspecified atom stereocenters. The van der Waals surface area contributed by atoms with E-state index in [2.05, 4.69) is 35.5 Å². The van der Waals surface area contributed by atoms with E-state index in [4.69, 9.17) is 0 Å². The van der Waals surface area contributed by atoms with E-state index in [1.54, 1.807) is 0 Å². The van der Waals surface area contributed by atoms with Gasteiger partial charge in [0.2, 0.25) is 0 Å². The Morgan fingerprint density at radius 1 is 1.05 bits per heavy atom. The van der Waals surface area contributed by atoms with Crippen LogP contribution in [0.5, 0.6) is 0 Å². The van der Waals surface area contributed by atoms with Crippen LogP contribution in [0.2, 0.25) is 0 Å². The number of anilines is 2. The molecule has 1 fully saturated rings. The summed E-state index contributed by atoms with van der Waals surface area (Å²) in [4.78, 5) is 4.32. The molecular weight excluding hydrogens is 246 g/mol. The van der Waals surface area contributed by atoms with Crippen LogP contribution in [0.15, 0.2) is 18.5 Å². The summed E-state index contributed by atoms with van der Waals surface area (Å²) in [5.74, 6) is 0.966. The first-order chi connectivity index (χ1) is 9.81. The van der Waals surface area contributed by atoms with E-state index in [0.717, 1.165) is 30.3 Å². The highest BCUT2D eigenvalue weighted by Gasteiger charge is 2.20. The van der Waals surface area contributed by atoms with Gasteiger partial charge >= 0.3 is 0 Å². The van der Waals surface area contributed by atoms with Gasteiger partial charge in [-0.1, -0.05) is 26.7 Å². The van der Waals surface area contributed by atoms with Gasteiger partial charge in [-0.15, -0.1) is 0 Å². The number of pyridine rings is 1. The van der Waals surface area contributed by atoms with E-state index in [9.17, 15) is 0 Å². The van der Waals surface area contributed by atoms with Crippen LogP contribution in [-0.4, -0.2) is 17.6 Å². The fraction of sp³-hybridized carbons (Fsp3) is 0.706. The van der Waals surface area contributed by atoms with Gasteiger partial charge in [0.1, 0.15) is 0 Å². The van der Waals surface area contributed by atoms with Crippen LogP contribution >= 0.6 is 0 Å². The molecule has 112 valence electrons. The van der Waals surface area contributed by atoms with Crippen molar-refractivity contribution in [3.63, 3.8) is 0 Å². The minimum Gasteiger partial charge on any atom is -0.384 e. The van der Waals surface area contributed by atoms with Gasteiger partial charge in [-0.05, 0) is 44.1 Å². The van der Waals surface area contributed by atoms with Crippen molar-refractivity contribution in [1.29, 1.82) is 0 Å². The predicted octanol–water partition coefficient (Wildman–Crippen LogP) is 4.67. The van der Waals surface area contributed by atoms with Crippen molar-refractivity contribution < 1.29 is 0 Å². The first-order valence-electron chi connectivity index (χ1n) is 8.27. The van der Waals surface area contributed by atoms with Gasteiger partial charge in [-0.3, -0.25) is 4.98 Å². The summed E-state index contributed by atoms with van der Waals surface area (Å²) in [5.41, 5.74) is 2.28. The molecule has 1 aromatic rings. The third-order valence-electron chi connectivity index (χ3n) is 4.23. The average Bonchev–Trinajstić information content (AvgIpc) is 2.48. The normalized spacial score (nSPS) is 22.5. The van der Waals surface area contributed by atoms with E-state index >= 15 is 0 Å². The number of hydrogen-bond donors (Lipinski definition) is 2. The molecule has 1 heterocycles. The fourth-order valence-electron chi connectivity index (χ4n) is 3.12. The van der Waals surface area contributed by atoms with Gasteiger partial charge in [-0.25, -0.2) is 0 Å². The topological polar surface area (TPSA) is 37.0 Å². The first-order valence-corrected chi connectivity index (χ1v) is 8.27. The zero-order valence-corrected chi connectivity index (χ0v) is 13.0. The molecule has 0 aromatic carbocycles. The standard InChI is InChI=1S/C17H29N3/c1-3-5-14-6-8-15(9-7-14)20-17-11-16(12-18-13-17)19-10-4-2/h11-15,19-20H,3-10H2,1-2H3. The highest BCUT2D eigenvalue weighted by atomic mass is 15.0. The number of nitrogens with zero attached hydrogens (tertiary/aromatic N) is 1. The molecule has 3 nitrogen and oxygen atoms in total. The van der Waals surface area contributed by atoms with E-state index in [1.807, 2.05) is 12.4 Å². The number of hydrogen-bond acceptors (Lipinski definition) is 3. The van der Waals surface area contributed by atoms with Crippen LogP contribution in [0.3, 0.4) is 0 Å². The molecule has 0 radical (unpaired) electrons. The fourth-order valence-corrected chi connectivity index (χ4v) is 3.12. The summed E-state index contributed by atoms with van der Waals surface area (Å²) in [7, 11) is 0.